The molecule has 2 amide bonds. The monoisotopic (exact) mass is 388 g/mol. The van der Waals surface area contributed by atoms with E-state index in [0.717, 1.165) is 22.6 Å². The van der Waals surface area contributed by atoms with Gasteiger partial charge in [0.05, 0.1) is 0 Å². The second-order valence-corrected chi connectivity index (χ2v) is 7.62. The molecule has 26 heavy (non-hydrogen) atoms. The molecule has 4 nitrogen and oxygen atoms in total. The fourth-order valence-electron chi connectivity index (χ4n) is 2.37. The maximum atomic E-state index is 12.0. The van der Waals surface area contributed by atoms with Crippen LogP contribution in [0.3, 0.4) is 0 Å². The Bertz CT molecular complexity index is 652. The average Bonchev–Trinajstić information content (AvgIpc) is 2.68. The third-order valence-corrected chi connectivity index (χ3v) is 5.04. The maximum Gasteiger partial charge on any atom is 0.251 e. The van der Waals surface area contributed by atoms with Gasteiger partial charge in [-0.25, -0.2) is 0 Å². The summed E-state index contributed by atoms with van der Waals surface area (Å²) in [5.41, 5.74) is 3.33. The first-order valence-electron chi connectivity index (χ1n) is 8.40. The molecule has 0 aliphatic rings. The van der Waals surface area contributed by atoms with Crippen LogP contribution in [0.4, 0.5) is 0 Å². The van der Waals surface area contributed by atoms with Gasteiger partial charge in [-0.1, -0.05) is 24.3 Å². The van der Waals surface area contributed by atoms with E-state index in [0.29, 0.717) is 24.2 Å². The minimum atomic E-state index is -0.0529. The van der Waals surface area contributed by atoms with Gasteiger partial charge in [0.1, 0.15) is 0 Å². The van der Waals surface area contributed by atoms with Crippen molar-refractivity contribution >= 4 is 35.3 Å². The number of thioether (sulfide) groups is 2. The van der Waals surface area contributed by atoms with E-state index in [2.05, 4.69) is 10.6 Å². The maximum absolute atomic E-state index is 12.0. The highest BCUT2D eigenvalue weighted by Crippen LogP contribution is 2.20. The van der Waals surface area contributed by atoms with Crippen LogP contribution in [0.25, 0.3) is 11.1 Å². The van der Waals surface area contributed by atoms with E-state index in [1.165, 1.54) is 0 Å². The highest BCUT2D eigenvalue weighted by atomic mass is 32.2. The zero-order chi connectivity index (χ0) is 18.8. The molecule has 0 unspecified atom stereocenters. The molecule has 2 aromatic rings. The van der Waals surface area contributed by atoms with Crippen LogP contribution >= 0.6 is 23.5 Å². The van der Waals surface area contributed by atoms with Gasteiger partial charge in [-0.3, -0.25) is 9.59 Å². The van der Waals surface area contributed by atoms with Crippen LogP contribution in [0.1, 0.15) is 20.7 Å². The molecule has 2 aromatic carbocycles. The molecule has 0 aromatic heterocycles. The molecular formula is C20H24N2O2S2. The summed E-state index contributed by atoms with van der Waals surface area (Å²) in [5.74, 6) is 1.70. The van der Waals surface area contributed by atoms with Gasteiger partial charge in [0.2, 0.25) is 0 Å². The Morgan fingerprint density at radius 1 is 0.692 bits per heavy atom. The summed E-state index contributed by atoms with van der Waals surface area (Å²) < 4.78 is 0. The van der Waals surface area contributed by atoms with E-state index in [1.807, 2.05) is 61.0 Å². The molecule has 2 N–H and O–H groups in total. The minimum absolute atomic E-state index is 0.0529. The van der Waals surface area contributed by atoms with Crippen LogP contribution < -0.4 is 10.6 Å². The van der Waals surface area contributed by atoms with Gasteiger partial charge in [-0.2, -0.15) is 23.5 Å². The zero-order valence-corrected chi connectivity index (χ0v) is 16.7. The molecule has 138 valence electrons. The van der Waals surface area contributed by atoms with Gasteiger partial charge in [0, 0.05) is 35.7 Å². The summed E-state index contributed by atoms with van der Waals surface area (Å²) in [6.45, 7) is 1.34. The van der Waals surface area contributed by atoms with E-state index < -0.39 is 0 Å². The van der Waals surface area contributed by atoms with Gasteiger partial charge in [-0.15, -0.1) is 0 Å². The van der Waals surface area contributed by atoms with Crippen LogP contribution in [0.5, 0.6) is 0 Å². The first-order valence-corrected chi connectivity index (χ1v) is 11.2. The molecule has 0 saturated carbocycles. The Kier molecular flexibility index (Phi) is 8.58. The van der Waals surface area contributed by atoms with E-state index >= 15 is 0 Å². The Morgan fingerprint density at radius 3 is 1.35 bits per heavy atom. The number of carbonyl (C=O) groups excluding carboxylic acids is 2. The zero-order valence-electron chi connectivity index (χ0n) is 15.1. The first kappa shape index (κ1) is 20.4. The summed E-state index contributed by atoms with van der Waals surface area (Å²) in [7, 11) is 0. The Morgan fingerprint density at radius 2 is 1.04 bits per heavy atom. The minimum Gasteiger partial charge on any atom is -0.351 e. The summed E-state index contributed by atoms with van der Waals surface area (Å²) in [6, 6.07) is 15.0. The van der Waals surface area contributed by atoms with Crippen LogP contribution in [0, 0.1) is 0 Å². The smallest absolute Gasteiger partial charge is 0.251 e. The Hall–Kier alpha value is -1.92. The van der Waals surface area contributed by atoms with Gasteiger partial charge in [0.25, 0.3) is 11.8 Å². The summed E-state index contributed by atoms with van der Waals surface area (Å²) in [6.07, 6.45) is 4.03. The lowest BCUT2D eigenvalue weighted by molar-refractivity contribution is 0.0948. The number of amides is 2. The highest BCUT2D eigenvalue weighted by Gasteiger charge is 2.07. The van der Waals surface area contributed by atoms with E-state index in [1.54, 1.807) is 23.5 Å². The molecule has 0 atom stereocenters. The molecular weight excluding hydrogens is 364 g/mol. The van der Waals surface area contributed by atoms with Crippen molar-refractivity contribution in [2.75, 3.05) is 37.1 Å². The quantitative estimate of drug-likeness (QED) is 0.645. The fourth-order valence-corrected chi connectivity index (χ4v) is 2.98. The van der Waals surface area contributed by atoms with Crippen molar-refractivity contribution in [1.82, 2.24) is 10.6 Å². The van der Waals surface area contributed by atoms with Crippen molar-refractivity contribution < 1.29 is 9.59 Å². The van der Waals surface area contributed by atoms with Gasteiger partial charge in [0.15, 0.2) is 0 Å². The molecule has 0 radical (unpaired) electrons. The second kappa shape index (κ2) is 10.9. The van der Waals surface area contributed by atoms with Crippen LogP contribution in [-0.4, -0.2) is 48.9 Å². The number of hydrogen-bond acceptors (Lipinski definition) is 4. The van der Waals surface area contributed by atoms with E-state index in [9.17, 15) is 9.59 Å². The van der Waals surface area contributed by atoms with Gasteiger partial charge < -0.3 is 10.6 Å². The first-order chi connectivity index (χ1) is 12.7. The predicted octanol–water partition coefficient (Wildman–Crippen LogP) is 3.54. The number of carbonyl (C=O) groups is 2. The summed E-state index contributed by atoms with van der Waals surface area (Å²) in [4.78, 5) is 24.1. The summed E-state index contributed by atoms with van der Waals surface area (Å²) in [5, 5.41) is 5.79. The normalized spacial score (nSPS) is 10.4. The molecule has 0 fully saturated rings. The number of rotatable bonds is 9. The van der Waals surface area contributed by atoms with Crippen molar-refractivity contribution in [2.24, 2.45) is 0 Å². The Balaban J connectivity index is 1.98. The molecule has 0 heterocycles. The lowest BCUT2D eigenvalue weighted by Crippen LogP contribution is -2.25. The average molecular weight is 389 g/mol. The molecule has 6 heteroatoms. The SMILES string of the molecule is CSCCNC(=O)c1ccc(-c2ccc(C(=O)NCCSC)cc2)cc1. The van der Waals surface area contributed by atoms with Gasteiger partial charge >= 0.3 is 0 Å². The number of hydrogen-bond donors (Lipinski definition) is 2. The third-order valence-electron chi connectivity index (χ3n) is 3.81. The third kappa shape index (κ3) is 6.11. The largest absolute Gasteiger partial charge is 0.351 e. The molecule has 0 aliphatic carbocycles. The number of nitrogens with one attached hydrogen (secondary N) is 2. The molecule has 2 rings (SSSR count). The van der Waals surface area contributed by atoms with E-state index in [-0.39, 0.29) is 11.8 Å². The van der Waals surface area contributed by atoms with Crippen molar-refractivity contribution in [3.8, 4) is 11.1 Å². The van der Waals surface area contributed by atoms with Gasteiger partial charge in [-0.05, 0) is 47.9 Å². The standard InChI is InChI=1S/C20H24N2O2S2/c1-25-13-11-21-19(23)17-7-3-15(4-8-17)16-5-9-18(10-6-16)20(24)22-12-14-26-2/h3-10H,11-14H2,1-2H3,(H,21,23)(H,22,24). The van der Waals surface area contributed by atoms with Crippen molar-refractivity contribution in [1.29, 1.82) is 0 Å². The van der Waals surface area contributed by atoms with Crippen molar-refractivity contribution in [3.05, 3.63) is 59.7 Å². The predicted molar refractivity (Wildman–Crippen MR) is 113 cm³/mol. The summed E-state index contributed by atoms with van der Waals surface area (Å²) >= 11 is 3.41. The van der Waals surface area contributed by atoms with Crippen molar-refractivity contribution in [3.63, 3.8) is 0 Å². The van der Waals surface area contributed by atoms with Crippen LogP contribution in [0.2, 0.25) is 0 Å². The Labute approximate surface area is 163 Å². The molecule has 0 aliphatic heterocycles. The fraction of sp³-hybridized carbons (Fsp3) is 0.300. The van der Waals surface area contributed by atoms with E-state index in [4.69, 9.17) is 0 Å². The van der Waals surface area contributed by atoms with Crippen LogP contribution in [-0.2, 0) is 0 Å². The lowest BCUT2D eigenvalue weighted by Gasteiger charge is -2.07. The number of benzene rings is 2. The highest BCUT2D eigenvalue weighted by molar-refractivity contribution is 7.98. The van der Waals surface area contributed by atoms with Crippen molar-refractivity contribution in [2.45, 2.75) is 0 Å². The second-order valence-electron chi connectivity index (χ2n) is 5.65. The topological polar surface area (TPSA) is 58.2 Å². The molecule has 0 spiro atoms. The molecule has 0 saturated heterocycles. The molecule has 0 bridgehead atoms. The lowest BCUT2D eigenvalue weighted by atomic mass is 10.0. The van der Waals surface area contributed by atoms with Crippen LogP contribution in [0.15, 0.2) is 48.5 Å².